The Labute approximate surface area is 186 Å². The average molecular weight is 410 g/mol. The van der Waals surface area contributed by atoms with Crippen LogP contribution in [0.3, 0.4) is 0 Å². The molecule has 4 rings (SSSR count). The third-order valence-electron chi connectivity index (χ3n) is 6.05. The molecule has 0 aromatic heterocycles. The minimum absolute atomic E-state index is 0.178. The molecule has 0 aliphatic rings. The zero-order valence-electron chi connectivity index (χ0n) is 18.5. The first-order valence-electron chi connectivity index (χ1n) is 11.3. The van der Waals surface area contributed by atoms with Crippen LogP contribution in [0.25, 0.3) is 10.8 Å². The molecule has 0 aliphatic carbocycles. The highest BCUT2D eigenvalue weighted by atomic mass is 16.5. The normalized spacial score (nSPS) is 11.4. The molecule has 0 N–H and O–H groups in total. The van der Waals surface area contributed by atoms with Crippen LogP contribution in [0.2, 0.25) is 0 Å². The maximum atomic E-state index is 6.26. The molecule has 2 nitrogen and oxygen atoms in total. The van der Waals surface area contributed by atoms with Gasteiger partial charge in [-0.2, -0.15) is 0 Å². The fourth-order valence-corrected chi connectivity index (χ4v) is 4.34. The van der Waals surface area contributed by atoms with E-state index in [4.69, 9.17) is 4.74 Å². The minimum atomic E-state index is 0.178. The van der Waals surface area contributed by atoms with Gasteiger partial charge in [-0.15, -0.1) is 0 Å². The summed E-state index contributed by atoms with van der Waals surface area (Å²) in [6, 6.07) is 34.6. The Balaban J connectivity index is 1.75. The lowest BCUT2D eigenvalue weighted by Gasteiger charge is -2.22. The molecule has 0 bridgehead atoms. The summed E-state index contributed by atoms with van der Waals surface area (Å²) in [5.41, 5.74) is 3.91. The largest absolute Gasteiger partial charge is 0.492 e. The van der Waals surface area contributed by atoms with Gasteiger partial charge in [0.05, 0.1) is 0 Å². The average Bonchev–Trinajstić information content (AvgIpc) is 2.84. The first-order valence-corrected chi connectivity index (χ1v) is 11.3. The zero-order chi connectivity index (χ0) is 21.5. The molecule has 4 aromatic rings. The van der Waals surface area contributed by atoms with Gasteiger partial charge in [-0.25, -0.2) is 0 Å². The highest BCUT2D eigenvalue weighted by Gasteiger charge is 2.20. The summed E-state index contributed by atoms with van der Waals surface area (Å²) in [6.45, 7) is 8.14. The van der Waals surface area contributed by atoms with Crippen LogP contribution in [0.1, 0.15) is 36.5 Å². The van der Waals surface area contributed by atoms with Gasteiger partial charge in [-0.3, -0.25) is 0 Å². The fraction of sp³-hybridized carbons (Fsp3) is 0.241. The Morgan fingerprint density at radius 3 is 1.77 bits per heavy atom. The molecule has 0 unspecified atom stereocenters. The molecule has 0 radical (unpaired) electrons. The van der Waals surface area contributed by atoms with Gasteiger partial charge >= 0.3 is 0 Å². The second kappa shape index (κ2) is 10.3. The Bertz CT molecular complexity index is 1050. The van der Waals surface area contributed by atoms with Crippen LogP contribution >= 0.6 is 0 Å². The van der Waals surface area contributed by atoms with E-state index < -0.39 is 0 Å². The Morgan fingerprint density at radius 1 is 0.645 bits per heavy atom. The summed E-state index contributed by atoms with van der Waals surface area (Å²) in [5.74, 6) is 1.14. The van der Waals surface area contributed by atoms with Gasteiger partial charge in [0.1, 0.15) is 12.4 Å². The van der Waals surface area contributed by atoms with Crippen LogP contribution in [-0.2, 0) is 0 Å². The quantitative estimate of drug-likeness (QED) is 0.284. The van der Waals surface area contributed by atoms with E-state index in [2.05, 4.69) is 116 Å². The van der Waals surface area contributed by atoms with Crippen LogP contribution < -0.4 is 4.74 Å². The second-order valence-electron chi connectivity index (χ2n) is 7.83. The summed E-state index contributed by atoms with van der Waals surface area (Å²) >= 11 is 0. The lowest BCUT2D eigenvalue weighted by molar-refractivity contribution is 0.224. The molecule has 158 valence electrons. The Morgan fingerprint density at radius 2 is 1.19 bits per heavy atom. The number of fused-ring (bicyclic) bond motifs is 1. The lowest BCUT2D eigenvalue weighted by Crippen LogP contribution is -2.27. The van der Waals surface area contributed by atoms with Gasteiger partial charge in [0.25, 0.3) is 0 Å². The predicted molar refractivity (Wildman–Crippen MR) is 131 cm³/mol. The molecule has 0 aliphatic heterocycles. The summed E-state index contributed by atoms with van der Waals surface area (Å²) in [7, 11) is 0. The monoisotopic (exact) mass is 409 g/mol. The first kappa shape index (κ1) is 21.1. The molecule has 0 fully saturated rings. The third-order valence-corrected chi connectivity index (χ3v) is 6.05. The number of nitrogens with zero attached hydrogens (tertiary/aromatic N) is 1. The maximum absolute atomic E-state index is 6.26. The maximum Gasteiger partial charge on any atom is 0.127 e. The van der Waals surface area contributed by atoms with Crippen molar-refractivity contribution >= 4 is 10.8 Å². The van der Waals surface area contributed by atoms with Crippen molar-refractivity contribution in [1.29, 1.82) is 0 Å². The Kier molecular flexibility index (Phi) is 7.01. The van der Waals surface area contributed by atoms with E-state index in [1.165, 1.54) is 27.5 Å². The molecule has 0 amide bonds. The molecular weight excluding hydrogens is 378 g/mol. The van der Waals surface area contributed by atoms with Crippen LogP contribution in [0.4, 0.5) is 0 Å². The molecule has 0 heterocycles. The molecule has 4 aromatic carbocycles. The third kappa shape index (κ3) is 4.81. The predicted octanol–water partition coefficient (Wildman–Crippen LogP) is 6.74. The van der Waals surface area contributed by atoms with Crippen molar-refractivity contribution < 1.29 is 4.74 Å². The summed E-state index contributed by atoms with van der Waals surface area (Å²) in [5, 5.41) is 2.43. The SMILES string of the molecule is CCN(CC)CCOc1ccc(C(c2ccccc2)c2ccccc2)c2ccccc12. The number of hydrogen-bond donors (Lipinski definition) is 0. The van der Waals surface area contributed by atoms with E-state index in [0.29, 0.717) is 6.61 Å². The lowest BCUT2D eigenvalue weighted by atomic mass is 9.83. The van der Waals surface area contributed by atoms with E-state index in [0.717, 1.165) is 25.4 Å². The van der Waals surface area contributed by atoms with Crippen molar-refractivity contribution in [2.75, 3.05) is 26.2 Å². The Hall–Kier alpha value is -3.10. The summed E-state index contributed by atoms with van der Waals surface area (Å²) in [4.78, 5) is 2.39. The van der Waals surface area contributed by atoms with Gasteiger partial charge < -0.3 is 9.64 Å². The molecule has 0 saturated heterocycles. The van der Waals surface area contributed by atoms with Crippen LogP contribution in [0.5, 0.6) is 5.75 Å². The number of ether oxygens (including phenoxy) is 1. The molecule has 2 heteroatoms. The minimum Gasteiger partial charge on any atom is -0.492 e. The van der Waals surface area contributed by atoms with E-state index in [-0.39, 0.29) is 5.92 Å². The van der Waals surface area contributed by atoms with Crippen molar-refractivity contribution in [1.82, 2.24) is 4.90 Å². The fourth-order valence-electron chi connectivity index (χ4n) is 4.34. The van der Waals surface area contributed by atoms with Crippen molar-refractivity contribution in [3.8, 4) is 5.75 Å². The molecule has 0 atom stereocenters. The zero-order valence-corrected chi connectivity index (χ0v) is 18.5. The van der Waals surface area contributed by atoms with E-state index >= 15 is 0 Å². The van der Waals surface area contributed by atoms with Crippen molar-refractivity contribution in [2.24, 2.45) is 0 Å². The van der Waals surface area contributed by atoms with E-state index in [1.54, 1.807) is 0 Å². The smallest absolute Gasteiger partial charge is 0.127 e. The van der Waals surface area contributed by atoms with Gasteiger partial charge in [0.2, 0.25) is 0 Å². The van der Waals surface area contributed by atoms with E-state index in [1.807, 2.05) is 0 Å². The highest BCUT2D eigenvalue weighted by molar-refractivity contribution is 5.92. The molecule has 0 saturated carbocycles. The first-order chi connectivity index (χ1) is 15.3. The summed E-state index contributed by atoms with van der Waals surface area (Å²) < 4.78 is 6.26. The van der Waals surface area contributed by atoms with Crippen molar-refractivity contribution in [2.45, 2.75) is 19.8 Å². The standard InChI is InChI=1S/C29H31NO/c1-3-30(4-2)21-22-31-28-20-19-27(25-17-11-12-18-26(25)28)29(23-13-7-5-8-14-23)24-15-9-6-10-16-24/h5-20,29H,3-4,21-22H2,1-2H3. The van der Waals surface area contributed by atoms with Crippen molar-refractivity contribution in [3.63, 3.8) is 0 Å². The van der Waals surface area contributed by atoms with Gasteiger partial charge in [-0.1, -0.05) is 105 Å². The molecule has 0 spiro atoms. The molecular formula is C29H31NO. The van der Waals surface area contributed by atoms with Crippen LogP contribution in [-0.4, -0.2) is 31.1 Å². The van der Waals surface area contributed by atoms with Gasteiger partial charge in [0, 0.05) is 17.8 Å². The molecule has 31 heavy (non-hydrogen) atoms. The van der Waals surface area contributed by atoms with Crippen LogP contribution in [0, 0.1) is 0 Å². The summed E-state index contributed by atoms with van der Waals surface area (Å²) in [6.07, 6.45) is 0. The van der Waals surface area contributed by atoms with Crippen molar-refractivity contribution in [3.05, 3.63) is 114 Å². The number of rotatable bonds is 9. The van der Waals surface area contributed by atoms with Crippen LogP contribution in [0.15, 0.2) is 97.1 Å². The van der Waals surface area contributed by atoms with Gasteiger partial charge in [0.15, 0.2) is 0 Å². The number of likely N-dealkylation sites (N-methyl/N-ethyl adjacent to an activating group) is 1. The second-order valence-corrected chi connectivity index (χ2v) is 7.83. The highest BCUT2D eigenvalue weighted by Crippen LogP contribution is 2.38. The van der Waals surface area contributed by atoms with E-state index in [9.17, 15) is 0 Å². The number of hydrogen-bond acceptors (Lipinski definition) is 2. The van der Waals surface area contributed by atoms with Gasteiger partial charge in [-0.05, 0) is 41.2 Å². The number of benzene rings is 4. The topological polar surface area (TPSA) is 12.5 Å².